The molecule has 21 heavy (non-hydrogen) atoms. The zero-order chi connectivity index (χ0) is 15.1. The summed E-state index contributed by atoms with van der Waals surface area (Å²) in [5.41, 5.74) is 1.15. The Labute approximate surface area is 125 Å². The van der Waals surface area contributed by atoms with Gasteiger partial charge in [0.25, 0.3) is 0 Å². The Bertz CT molecular complexity index is 459. The third-order valence-corrected chi connectivity index (χ3v) is 3.62. The van der Waals surface area contributed by atoms with Gasteiger partial charge >= 0.3 is 6.09 Å². The Kier molecular flexibility index (Phi) is 5.80. The maximum atomic E-state index is 11.6. The summed E-state index contributed by atoms with van der Waals surface area (Å²) in [6, 6.07) is 4.33. The van der Waals surface area contributed by atoms with Gasteiger partial charge in [-0.15, -0.1) is 0 Å². The van der Waals surface area contributed by atoms with E-state index in [4.69, 9.17) is 9.47 Å². The van der Waals surface area contributed by atoms with Crippen LogP contribution in [0.2, 0.25) is 0 Å². The average Bonchev–Trinajstić information content (AvgIpc) is 2.54. The largest absolute Gasteiger partial charge is 0.481 e. The summed E-state index contributed by atoms with van der Waals surface area (Å²) in [5.74, 6) is 0.631. The molecule has 116 valence electrons. The zero-order valence-electron chi connectivity index (χ0n) is 12.7. The fraction of sp³-hybridized carbons (Fsp3) is 0.600. The van der Waals surface area contributed by atoms with Crippen molar-refractivity contribution >= 4 is 6.09 Å². The van der Waals surface area contributed by atoms with Crippen molar-refractivity contribution in [3.63, 3.8) is 0 Å². The van der Waals surface area contributed by atoms with Crippen molar-refractivity contribution in [3.8, 4) is 5.88 Å². The molecule has 2 heterocycles. The first-order valence-electron chi connectivity index (χ1n) is 7.37. The summed E-state index contributed by atoms with van der Waals surface area (Å²) in [7, 11) is 1.62. The van der Waals surface area contributed by atoms with Crippen LogP contribution in [0.15, 0.2) is 18.3 Å². The fourth-order valence-corrected chi connectivity index (χ4v) is 2.42. The standard InChI is InChI=1S/C15H23N3O3/c1-3-21-15(19)18-8-5-13(6-9-18)17-11-12-4-7-16-14(10-12)20-2/h4,7,10,13,17H,3,5-6,8-9,11H2,1-2H3. The van der Waals surface area contributed by atoms with E-state index >= 15 is 0 Å². The number of hydrogen-bond acceptors (Lipinski definition) is 5. The topological polar surface area (TPSA) is 63.7 Å². The maximum absolute atomic E-state index is 11.6. The second-order valence-electron chi connectivity index (χ2n) is 5.05. The van der Waals surface area contributed by atoms with Gasteiger partial charge in [0.1, 0.15) is 0 Å². The number of pyridine rings is 1. The number of ether oxygens (including phenoxy) is 2. The third kappa shape index (κ3) is 4.60. The molecule has 1 aromatic rings. The van der Waals surface area contributed by atoms with Crippen molar-refractivity contribution in [2.24, 2.45) is 0 Å². The van der Waals surface area contributed by atoms with E-state index in [1.54, 1.807) is 18.2 Å². The first kappa shape index (κ1) is 15.6. The normalized spacial score (nSPS) is 15.8. The van der Waals surface area contributed by atoms with E-state index < -0.39 is 0 Å². The van der Waals surface area contributed by atoms with Crippen molar-refractivity contribution in [1.29, 1.82) is 0 Å². The summed E-state index contributed by atoms with van der Waals surface area (Å²) in [6.07, 6.45) is 3.44. The Balaban J connectivity index is 1.74. The summed E-state index contributed by atoms with van der Waals surface area (Å²) in [4.78, 5) is 17.5. The number of aromatic nitrogens is 1. The van der Waals surface area contributed by atoms with Gasteiger partial charge in [-0.25, -0.2) is 9.78 Å². The Morgan fingerprint density at radius 2 is 2.24 bits per heavy atom. The van der Waals surface area contributed by atoms with Crippen LogP contribution in [0.1, 0.15) is 25.3 Å². The predicted molar refractivity (Wildman–Crippen MR) is 79.2 cm³/mol. The average molecular weight is 293 g/mol. The first-order valence-corrected chi connectivity index (χ1v) is 7.37. The lowest BCUT2D eigenvalue weighted by Crippen LogP contribution is -2.44. The SMILES string of the molecule is CCOC(=O)N1CCC(NCc2ccnc(OC)c2)CC1. The fourth-order valence-electron chi connectivity index (χ4n) is 2.42. The highest BCUT2D eigenvalue weighted by Crippen LogP contribution is 2.13. The highest BCUT2D eigenvalue weighted by atomic mass is 16.6. The summed E-state index contributed by atoms with van der Waals surface area (Å²) in [6.45, 7) is 4.53. The number of amides is 1. The number of carbonyl (C=O) groups excluding carboxylic acids is 1. The number of methoxy groups -OCH3 is 1. The minimum atomic E-state index is -0.199. The summed E-state index contributed by atoms with van der Waals surface area (Å²) < 4.78 is 10.1. The van der Waals surface area contributed by atoms with Crippen LogP contribution in [0, 0.1) is 0 Å². The second kappa shape index (κ2) is 7.83. The van der Waals surface area contributed by atoms with Crippen LogP contribution in [0.25, 0.3) is 0 Å². The number of nitrogens with one attached hydrogen (secondary N) is 1. The molecule has 0 aromatic carbocycles. The molecule has 1 aliphatic heterocycles. The van der Waals surface area contributed by atoms with E-state index in [0.29, 0.717) is 18.5 Å². The highest BCUT2D eigenvalue weighted by molar-refractivity contribution is 5.67. The van der Waals surface area contributed by atoms with Crippen molar-refractivity contribution < 1.29 is 14.3 Å². The quantitative estimate of drug-likeness (QED) is 0.897. The van der Waals surface area contributed by atoms with E-state index in [-0.39, 0.29) is 6.09 Å². The number of nitrogens with zero attached hydrogens (tertiary/aromatic N) is 2. The Morgan fingerprint density at radius 3 is 2.90 bits per heavy atom. The van der Waals surface area contributed by atoms with Gasteiger partial charge in [-0.3, -0.25) is 0 Å². The van der Waals surface area contributed by atoms with E-state index in [0.717, 1.165) is 38.0 Å². The molecular weight excluding hydrogens is 270 g/mol. The molecule has 0 atom stereocenters. The van der Waals surface area contributed by atoms with Crippen LogP contribution in [-0.2, 0) is 11.3 Å². The second-order valence-corrected chi connectivity index (χ2v) is 5.05. The molecular formula is C15H23N3O3. The van der Waals surface area contributed by atoms with Crippen LogP contribution in [0.4, 0.5) is 4.79 Å². The number of likely N-dealkylation sites (tertiary alicyclic amines) is 1. The summed E-state index contributed by atoms with van der Waals surface area (Å²) in [5, 5.41) is 3.52. The van der Waals surface area contributed by atoms with Gasteiger partial charge in [0.15, 0.2) is 0 Å². The van der Waals surface area contributed by atoms with Crippen molar-refractivity contribution in [2.45, 2.75) is 32.4 Å². The van der Waals surface area contributed by atoms with Crippen molar-refractivity contribution in [2.75, 3.05) is 26.8 Å². The Hall–Kier alpha value is -1.82. The molecule has 1 aromatic heterocycles. The molecule has 2 rings (SSSR count). The smallest absolute Gasteiger partial charge is 0.409 e. The Morgan fingerprint density at radius 1 is 1.48 bits per heavy atom. The van der Waals surface area contributed by atoms with Gasteiger partial charge in [-0.1, -0.05) is 0 Å². The van der Waals surface area contributed by atoms with Crippen molar-refractivity contribution in [1.82, 2.24) is 15.2 Å². The monoisotopic (exact) mass is 293 g/mol. The minimum absolute atomic E-state index is 0.199. The number of carbonyl (C=O) groups is 1. The number of hydrogen-bond donors (Lipinski definition) is 1. The molecule has 6 nitrogen and oxygen atoms in total. The van der Waals surface area contributed by atoms with Gasteiger partial charge in [0.05, 0.1) is 13.7 Å². The maximum Gasteiger partial charge on any atom is 0.409 e. The van der Waals surface area contributed by atoms with Crippen LogP contribution in [0.3, 0.4) is 0 Å². The van der Waals surface area contributed by atoms with E-state index in [1.165, 1.54) is 0 Å². The predicted octanol–water partition coefficient (Wildman–Crippen LogP) is 1.80. The van der Waals surface area contributed by atoms with Gasteiger partial charge in [-0.2, -0.15) is 0 Å². The van der Waals surface area contributed by atoms with Gasteiger partial charge in [0, 0.05) is 37.9 Å². The minimum Gasteiger partial charge on any atom is -0.481 e. The van der Waals surface area contributed by atoms with E-state index in [9.17, 15) is 4.79 Å². The van der Waals surface area contributed by atoms with E-state index in [1.807, 2.05) is 19.1 Å². The zero-order valence-corrected chi connectivity index (χ0v) is 12.7. The van der Waals surface area contributed by atoms with E-state index in [2.05, 4.69) is 10.3 Å². The molecule has 1 fully saturated rings. The van der Waals surface area contributed by atoms with Crippen molar-refractivity contribution in [3.05, 3.63) is 23.9 Å². The summed E-state index contributed by atoms with van der Waals surface area (Å²) >= 11 is 0. The van der Waals surface area contributed by atoms with Gasteiger partial charge in [0.2, 0.25) is 5.88 Å². The van der Waals surface area contributed by atoms with Gasteiger partial charge < -0.3 is 19.7 Å². The first-order chi connectivity index (χ1) is 10.2. The molecule has 1 aliphatic rings. The van der Waals surface area contributed by atoms with Crippen LogP contribution in [-0.4, -0.2) is 48.8 Å². The lowest BCUT2D eigenvalue weighted by molar-refractivity contribution is 0.0950. The molecule has 1 N–H and O–H groups in total. The molecule has 1 saturated heterocycles. The molecule has 0 bridgehead atoms. The molecule has 0 unspecified atom stereocenters. The van der Waals surface area contributed by atoms with Crippen LogP contribution >= 0.6 is 0 Å². The van der Waals surface area contributed by atoms with Gasteiger partial charge in [-0.05, 0) is 31.4 Å². The highest BCUT2D eigenvalue weighted by Gasteiger charge is 2.23. The number of piperidine rings is 1. The molecule has 1 amide bonds. The number of rotatable bonds is 5. The molecule has 6 heteroatoms. The molecule has 0 aliphatic carbocycles. The lowest BCUT2D eigenvalue weighted by atomic mass is 10.1. The molecule has 0 radical (unpaired) electrons. The third-order valence-electron chi connectivity index (χ3n) is 3.62. The lowest BCUT2D eigenvalue weighted by Gasteiger charge is -2.31. The van der Waals surface area contributed by atoms with Crippen LogP contribution in [0.5, 0.6) is 5.88 Å². The van der Waals surface area contributed by atoms with Crippen LogP contribution < -0.4 is 10.1 Å². The molecule has 0 saturated carbocycles. The molecule has 0 spiro atoms.